The maximum atomic E-state index is 13.5. The molecule has 2 aromatic rings. The maximum absolute atomic E-state index is 13.5. The van der Waals surface area contributed by atoms with Crippen LogP contribution in [0.4, 0.5) is 4.39 Å². The van der Waals surface area contributed by atoms with Crippen LogP contribution in [0.5, 0.6) is 0 Å². The van der Waals surface area contributed by atoms with E-state index < -0.39 is 0 Å². The molecule has 106 valence electrons. The molecule has 0 aliphatic rings. The van der Waals surface area contributed by atoms with Gasteiger partial charge in [0.05, 0.1) is 11.7 Å². The Morgan fingerprint density at radius 2 is 2.10 bits per heavy atom. The van der Waals surface area contributed by atoms with Crippen LogP contribution in [0.15, 0.2) is 40.9 Å². The maximum Gasteiger partial charge on any atom is 0.124 e. The zero-order valence-electron chi connectivity index (χ0n) is 11.7. The van der Waals surface area contributed by atoms with Crippen LogP contribution in [0.2, 0.25) is 0 Å². The van der Waals surface area contributed by atoms with Crippen LogP contribution in [0.1, 0.15) is 29.9 Å². The smallest absolute Gasteiger partial charge is 0.124 e. The fourth-order valence-electron chi connectivity index (χ4n) is 2.25. The van der Waals surface area contributed by atoms with Crippen molar-refractivity contribution in [3.63, 3.8) is 0 Å². The van der Waals surface area contributed by atoms with E-state index in [1.165, 1.54) is 6.07 Å². The van der Waals surface area contributed by atoms with Gasteiger partial charge >= 0.3 is 0 Å². The van der Waals surface area contributed by atoms with Crippen molar-refractivity contribution in [3.05, 3.63) is 63.6 Å². The van der Waals surface area contributed by atoms with Crippen molar-refractivity contribution in [3.8, 4) is 0 Å². The molecule has 0 fully saturated rings. The van der Waals surface area contributed by atoms with Gasteiger partial charge in [-0.3, -0.25) is 4.98 Å². The van der Waals surface area contributed by atoms with E-state index in [-0.39, 0.29) is 11.9 Å². The lowest BCUT2D eigenvalue weighted by Gasteiger charge is -2.18. The highest BCUT2D eigenvalue weighted by atomic mass is 79.9. The Bertz CT molecular complexity index is 566. The molecule has 20 heavy (non-hydrogen) atoms. The summed E-state index contributed by atoms with van der Waals surface area (Å²) in [6.45, 7) is 4.88. The van der Waals surface area contributed by atoms with Crippen LogP contribution in [-0.2, 0) is 6.42 Å². The summed E-state index contributed by atoms with van der Waals surface area (Å²) in [5, 5.41) is 3.41. The van der Waals surface area contributed by atoms with Crippen LogP contribution in [0.25, 0.3) is 0 Å². The Morgan fingerprint density at radius 1 is 1.30 bits per heavy atom. The number of likely N-dealkylation sites (N-methyl/N-ethyl adjacent to an activating group) is 1. The topological polar surface area (TPSA) is 24.9 Å². The van der Waals surface area contributed by atoms with E-state index in [0.717, 1.165) is 28.0 Å². The van der Waals surface area contributed by atoms with Gasteiger partial charge in [0.2, 0.25) is 0 Å². The molecule has 0 bridgehead atoms. The molecule has 2 nitrogen and oxygen atoms in total. The molecule has 1 atom stereocenters. The first-order valence-corrected chi connectivity index (χ1v) is 7.49. The molecule has 0 saturated heterocycles. The van der Waals surface area contributed by atoms with Crippen molar-refractivity contribution in [2.45, 2.75) is 26.3 Å². The highest BCUT2D eigenvalue weighted by Gasteiger charge is 2.13. The molecule has 0 amide bonds. The Balaban J connectivity index is 2.25. The summed E-state index contributed by atoms with van der Waals surface area (Å²) >= 11 is 3.33. The number of rotatable bonds is 5. The lowest BCUT2D eigenvalue weighted by atomic mass is 10.0. The number of benzene rings is 1. The molecular weight excluding hydrogens is 319 g/mol. The summed E-state index contributed by atoms with van der Waals surface area (Å²) in [6, 6.07) is 11.1. The summed E-state index contributed by atoms with van der Waals surface area (Å²) in [7, 11) is 0. The van der Waals surface area contributed by atoms with Crippen molar-refractivity contribution in [2.24, 2.45) is 0 Å². The standard InChI is InChI=1S/C16H18BrFN2/c1-3-19-16(15-6-4-5-11(2)20-15)9-12-7-13(17)10-14(18)8-12/h4-8,10,16,19H,3,9H2,1-2H3. The van der Waals surface area contributed by atoms with E-state index in [4.69, 9.17) is 0 Å². The van der Waals surface area contributed by atoms with Crippen molar-refractivity contribution >= 4 is 15.9 Å². The molecule has 1 heterocycles. The monoisotopic (exact) mass is 336 g/mol. The van der Waals surface area contributed by atoms with Gasteiger partial charge < -0.3 is 5.32 Å². The highest BCUT2D eigenvalue weighted by Crippen LogP contribution is 2.21. The second kappa shape index (κ2) is 6.95. The Labute approximate surface area is 127 Å². The number of pyridine rings is 1. The summed E-state index contributed by atoms with van der Waals surface area (Å²) < 4.78 is 14.2. The first-order chi connectivity index (χ1) is 9.58. The second-order valence-electron chi connectivity index (χ2n) is 4.80. The van der Waals surface area contributed by atoms with Crippen LogP contribution >= 0.6 is 15.9 Å². The second-order valence-corrected chi connectivity index (χ2v) is 5.71. The number of hydrogen-bond acceptors (Lipinski definition) is 2. The Kier molecular flexibility index (Phi) is 5.26. The molecule has 1 aromatic heterocycles. The highest BCUT2D eigenvalue weighted by molar-refractivity contribution is 9.10. The average molecular weight is 337 g/mol. The SMILES string of the molecule is CCNC(Cc1cc(F)cc(Br)c1)c1cccc(C)n1. The van der Waals surface area contributed by atoms with Crippen LogP contribution in [-0.4, -0.2) is 11.5 Å². The zero-order chi connectivity index (χ0) is 14.5. The van der Waals surface area contributed by atoms with Crippen molar-refractivity contribution in [1.29, 1.82) is 0 Å². The molecule has 0 spiro atoms. The number of nitrogens with one attached hydrogen (secondary N) is 1. The van der Waals surface area contributed by atoms with Gasteiger partial charge in [-0.05, 0) is 55.8 Å². The van der Waals surface area contributed by atoms with E-state index in [0.29, 0.717) is 6.42 Å². The quantitative estimate of drug-likeness (QED) is 0.885. The third-order valence-corrected chi connectivity index (χ3v) is 3.54. The molecule has 4 heteroatoms. The lowest BCUT2D eigenvalue weighted by Crippen LogP contribution is -2.24. The Morgan fingerprint density at radius 3 is 2.75 bits per heavy atom. The van der Waals surface area contributed by atoms with Gasteiger partial charge in [-0.2, -0.15) is 0 Å². The third kappa shape index (κ3) is 4.12. The van der Waals surface area contributed by atoms with Gasteiger partial charge in [-0.25, -0.2) is 4.39 Å². The minimum atomic E-state index is -0.221. The first-order valence-electron chi connectivity index (χ1n) is 6.70. The lowest BCUT2D eigenvalue weighted by molar-refractivity contribution is 0.533. The van der Waals surface area contributed by atoms with Crippen molar-refractivity contribution in [2.75, 3.05) is 6.54 Å². The summed E-state index contributed by atoms with van der Waals surface area (Å²) in [5.41, 5.74) is 2.93. The molecule has 1 aromatic carbocycles. The fraction of sp³-hybridized carbons (Fsp3) is 0.312. The molecule has 0 radical (unpaired) electrons. The Hall–Kier alpha value is -1.26. The average Bonchev–Trinajstić information content (AvgIpc) is 2.37. The van der Waals surface area contributed by atoms with Gasteiger partial charge in [0.25, 0.3) is 0 Å². The largest absolute Gasteiger partial charge is 0.309 e. The zero-order valence-corrected chi connectivity index (χ0v) is 13.2. The van der Waals surface area contributed by atoms with Gasteiger partial charge in [0, 0.05) is 10.2 Å². The van der Waals surface area contributed by atoms with Crippen molar-refractivity contribution < 1.29 is 4.39 Å². The number of hydrogen-bond donors (Lipinski definition) is 1. The van der Waals surface area contributed by atoms with Crippen LogP contribution in [0.3, 0.4) is 0 Å². The number of aromatic nitrogens is 1. The summed E-state index contributed by atoms with van der Waals surface area (Å²) in [5.74, 6) is -0.221. The van der Waals surface area contributed by atoms with Crippen molar-refractivity contribution in [1.82, 2.24) is 10.3 Å². The molecule has 1 unspecified atom stereocenters. The van der Waals surface area contributed by atoms with Crippen LogP contribution in [0, 0.1) is 12.7 Å². The molecule has 1 N–H and O–H groups in total. The number of aryl methyl sites for hydroxylation is 1. The molecule has 2 rings (SSSR count). The first kappa shape index (κ1) is 15.1. The van der Waals surface area contributed by atoms with E-state index in [2.05, 4.69) is 33.2 Å². The van der Waals surface area contributed by atoms with Gasteiger partial charge in [0.1, 0.15) is 5.82 Å². The molecule has 0 aliphatic heterocycles. The molecular formula is C16H18BrFN2. The van der Waals surface area contributed by atoms with Crippen LogP contribution < -0.4 is 5.32 Å². The normalized spacial score (nSPS) is 12.4. The predicted octanol–water partition coefficient (Wildman–Crippen LogP) is 4.18. The van der Waals surface area contributed by atoms with E-state index >= 15 is 0 Å². The van der Waals surface area contributed by atoms with Gasteiger partial charge in [-0.1, -0.05) is 28.9 Å². The third-order valence-electron chi connectivity index (χ3n) is 3.08. The fourth-order valence-corrected chi connectivity index (χ4v) is 2.76. The van der Waals surface area contributed by atoms with Gasteiger partial charge in [0.15, 0.2) is 0 Å². The summed E-state index contributed by atoms with van der Waals surface area (Å²) in [6.07, 6.45) is 0.709. The number of nitrogens with zero attached hydrogens (tertiary/aromatic N) is 1. The summed E-state index contributed by atoms with van der Waals surface area (Å²) in [4.78, 5) is 4.57. The number of halogens is 2. The molecule has 0 aliphatic carbocycles. The van der Waals surface area contributed by atoms with Gasteiger partial charge in [-0.15, -0.1) is 0 Å². The van der Waals surface area contributed by atoms with E-state index in [1.807, 2.05) is 31.2 Å². The minimum absolute atomic E-state index is 0.0913. The predicted molar refractivity (Wildman–Crippen MR) is 83.2 cm³/mol. The minimum Gasteiger partial charge on any atom is -0.309 e. The van der Waals surface area contributed by atoms with E-state index in [9.17, 15) is 4.39 Å². The molecule has 0 saturated carbocycles. The van der Waals surface area contributed by atoms with E-state index in [1.54, 1.807) is 6.07 Å².